The van der Waals surface area contributed by atoms with Crippen molar-refractivity contribution in [3.05, 3.63) is 24.2 Å². The maximum absolute atomic E-state index is 11.8. The van der Waals surface area contributed by atoms with E-state index >= 15 is 0 Å². The Hall–Kier alpha value is -2.11. The van der Waals surface area contributed by atoms with Crippen LogP contribution in [0.3, 0.4) is 0 Å². The number of nitrogens with zero attached hydrogens (tertiary/aromatic N) is 1. The van der Waals surface area contributed by atoms with Crippen molar-refractivity contribution in [1.29, 1.82) is 0 Å². The average Bonchev–Trinajstić information content (AvgIpc) is 3.32. The highest BCUT2D eigenvalue weighted by Gasteiger charge is 2.42. The van der Waals surface area contributed by atoms with Crippen LogP contribution < -0.4 is 5.32 Å². The number of carbonyl (C=O) groups excluding carboxylic acids is 1. The van der Waals surface area contributed by atoms with E-state index in [4.69, 9.17) is 23.8 Å². The Kier molecular flexibility index (Phi) is 8.47. The molecule has 0 bridgehead atoms. The maximum Gasteiger partial charge on any atom is 0.490 e. The van der Waals surface area contributed by atoms with Crippen molar-refractivity contribution in [2.75, 3.05) is 33.4 Å². The van der Waals surface area contributed by atoms with Crippen molar-refractivity contribution in [3.63, 3.8) is 0 Å². The molecule has 3 atom stereocenters. The molecule has 2 aliphatic heterocycles. The average molecular weight is 422 g/mol. The molecule has 0 radical (unpaired) electrons. The lowest BCUT2D eigenvalue weighted by Crippen LogP contribution is -2.31. The molecular weight excluding hydrogens is 397 g/mol. The number of amides is 1. The molecule has 11 heteroatoms. The van der Waals surface area contributed by atoms with E-state index in [1.807, 2.05) is 12.1 Å². The smallest absolute Gasteiger partial charge is 0.475 e. The summed E-state index contributed by atoms with van der Waals surface area (Å²) in [7, 11) is 1.63. The maximum atomic E-state index is 11.8. The normalized spacial score (nSPS) is 23.9. The van der Waals surface area contributed by atoms with E-state index in [1.165, 1.54) is 0 Å². The summed E-state index contributed by atoms with van der Waals surface area (Å²) in [4.78, 5) is 23.1. The van der Waals surface area contributed by atoms with Crippen LogP contribution in [0.15, 0.2) is 22.8 Å². The predicted molar refractivity (Wildman–Crippen MR) is 93.9 cm³/mol. The molecule has 164 valence electrons. The Morgan fingerprint density at radius 3 is 2.66 bits per heavy atom. The quantitative estimate of drug-likeness (QED) is 0.645. The van der Waals surface area contributed by atoms with E-state index in [1.54, 1.807) is 13.4 Å². The largest absolute Gasteiger partial charge is 0.490 e. The molecule has 1 aromatic heterocycles. The number of nitrogens with one attached hydrogen (secondary N) is 1. The van der Waals surface area contributed by atoms with Crippen LogP contribution in [-0.2, 0) is 25.6 Å². The Balaban J connectivity index is 0.000000370. The van der Waals surface area contributed by atoms with E-state index in [0.717, 1.165) is 31.8 Å². The first-order valence-electron chi connectivity index (χ1n) is 9.15. The number of ether oxygens (including phenoxy) is 2. The summed E-state index contributed by atoms with van der Waals surface area (Å²) in [5.41, 5.74) is 0. The number of rotatable bonds is 7. The van der Waals surface area contributed by atoms with Crippen LogP contribution in [-0.4, -0.2) is 73.6 Å². The van der Waals surface area contributed by atoms with Gasteiger partial charge in [-0.1, -0.05) is 0 Å². The summed E-state index contributed by atoms with van der Waals surface area (Å²) in [6.07, 6.45) is -1.64. The third-order valence-corrected chi connectivity index (χ3v) is 4.63. The lowest BCUT2D eigenvalue weighted by atomic mass is 10.0. The van der Waals surface area contributed by atoms with E-state index in [-0.39, 0.29) is 18.1 Å². The number of carboxylic acids is 1. The molecule has 0 saturated carbocycles. The SMILES string of the molecule is COCCNC(=O)C[C@H]1C[C@H]2CN(Cc3ccco3)C[C@H]2O1.O=C(O)C(F)(F)F. The van der Waals surface area contributed by atoms with Gasteiger partial charge in [0.25, 0.3) is 0 Å². The van der Waals surface area contributed by atoms with E-state index in [0.29, 0.717) is 25.5 Å². The summed E-state index contributed by atoms with van der Waals surface area (Å²) < 4.78 is 48.1. The van der Waals surface area contributed by atoms with Gasteiger partial charge in [0.15, 0.2) is 0 Å². The van der Waals surface area contributed by atoms with Gasteiger partial charge in [-0.15, -0.1) is 0 Å². The predicted octanol–water partition coefficient (Wildman–Crippen LogP) is 1.65. The van der Waals surface area contributed by atoms with Crippen LogP contribution >= 0.6 is 0 Å². The number of furan rings is 1. The lowest BCUT2D eigenvalue weighted by Gasteiger charge is -2.18. The molecule has 3 heterocycles. The molecule has 2 N–H and O–H groups in total. The number of hydrogen-bond acceptors (Lipinski definition) is 6. The van der Waals surface area contributed by atoms with E-state index in [9.17, 15) is 18.0 Å². The van der Waals surface area contributed by atoms with Gasteiger partial charge in [-0.2, -0.15) is 13.2 Å². The molecule has 0 spiro atoms. The summed E-state index contributed by atoms with van der Waals surface area (Å²) in [6, 6.07) is 3.92. The fourth-order valence-electron chi connectivity index (χ4n) is 3.40. The Morgan fingerprint density at radius 1 is 1.38 bits per heavy atom. The van der Waals surface area contributed by atoms with Gasteiger partial charge in [0.05, 0.1) is 38.0 Å². The van der Waals surface area contributed by atoms with Crippen molar-refractivity contribution in [2.24, 2.45) is 5.92 Å². The van der Waals surface area contributed by atoms with Crippen LogP contribution in [0.2, 0.25) is 0 Å². The van der Waals surface area contributed by atoms with Gasteiger partial charge < -0.3 is 24.3 Å². The molecule has 2 fully saturated rings. The zero-order valence-corrected chi connectivity index (χ0v) is 16.0. The minimum Gasteiger partial charge on any atom is -0.475 e. The molecule has 2 saturated heterocycles. The Labute approximate surface area is 165 Å². The molecule has 3 rings (SSSR count). The number of hydrogen-bond donors (Lipinski definition) is 2. The highest BCUT2D eigenvalue weighted by atomic mass is 19.4. The Bertz CT molecular complexity index is 639. The first-order valence-corrected chi connectivity index (χ1v) is 9.15. The highest BCUT2D eigenvalue weighted by molar-refractivity contribution is 5.76. The van der Waals surface area contributed by atoms with E-state index in [2.05, 4.69) is 10.2 Å². The first-order chi connectivity index (χ1) is 13.7. The van der Waals surface area contributed by atoms with E-state index < -0.39 is 12.1 Å². The number of fused-ring (bicyclic) bond motifs is 1. The number of halogens is 3. The summed E-state index contributed by atoms with van der Waals surface area (Å²) in [6.45, 7) is 3.89. The van der Waals surface area contributed by atoms with Crippen LogP contribution in [0.25, 0.3) is 0 Å². The van der Waals surface area contributed by atoms with Crippen molar-refractivity contribution < 1.29 is 41.8 Å². The van der Waals surface area contributed by atoms with Gasteiger partial charge in [0.1, 0.15) is 5.76 Å². The zero-order valence-electron chi connectivity index (χ0n) is 16.0. The third kappa shape index (κ3) is 7.67. The topological polar surface area (TPSA) is 101 Å². The lowest BCUT2D eigenvalue weighted by molar-refractivity contribution is -0.192. The monoisotopic (exact) mass is 422 g/mol. The third-order valence-electron chi connectivity index (χ3n) is 4.63. The second kappa shape index (κ2) is 10.6. The standard InChI is InChI=1S/C16H24N2O4.C2HF3O2/c1-20-6-4-17-16(19)8-14-7-12-9-18(11-15(12)22-14)10-13-3-2-5-21-13;3-2(4,5)1(6)7/h2-3,5,12,14-15H,4,6-11H2,1H3,(H,17,19);(H,6,7)/t12-,14+,15+;/m0./s1. The van der Waals surface area contributed by atoms with Crippen molar-refractivity contribution in [1.82, 2.24) is 10.2 Å². The van der Waals surface area contributed by atoms with Crippen molar-refractivity contribution in [2.45, 2.75) is 37.8 Å². The molecule has 0 aromatic carbocycles. The van der Waals surface area contributed by atoms with Crippen LogP contribution in [0.5, 0.6) is 0 Å². The zero-order chi connectivity index (χ0) is 21.4. The number of aliphatic carboxylic acids is 1. The Morgan fingerprint density at radius 2 is 2.10 bits per heavy atom. The van der Waals surface area contributed by atoms with Gasteiger partial charge in [0, 0.05) is 32.7 Å². The fraction of sp³-hybridized carbons (Fsp3) is 0.667. The summed E-state index contributed by atoms with van der Waals surface area (Å²) in [5.74, 6) is -1.18. The number of likely N-dealkylation sites (tertiary alicyclic amines) is 1. The van der Waals surface area contributed by atoms with Gasteiger partial charge >= 0.3 is 12.1 Å². The molecular formula is C18H25F3N2O6. The fourth-order valence-corrected chi connectivity index (χ4v) is 3.40. The van der Waals surface area contributed by atoms with Crippen LogP contribution in [0.1, 0.15) is 18.6 Å². The molecule has 29 heavy (non-hydrogen) atoms. The molecule has 0 aliphatic carbocycles. The second-order valence-electron chi connectivity index (χ2n) is 6.92. The molecule has 2 aliphatic rings. The van der Waals surface area contributed by atoms with Gasteiger partial charge in [-0.3, -0.25) is 9.69 Å². The second-order valence-corrected chi connectivity index (χ2v) is 6.92. The number of alkyl halides is 3. The van der Waals surface area contributed by atoms with Gasteiger partial charge in [0.2, 0.25) is 5.91 Å². The molecule has 1 aromatic rings. The number of methoxy groups -OCH3 is 1. The van der Waals surface area contributed by atoms with Crippen molar-refractivity contribution >= 4 is 11.9 Å². The minimum atomic E-state index is -5.08. The van der Waals surface area contributed by atoms with Gasteiger partial charge in [-0.05, 0) is 18.6 Å². The van der Waals surface area contributed by atoms with Crippen LogP contribution in [0, 0.1) is 5.92 Å². The number of carboxylic acid groups (broad SMARTS) is 1. The minimum absolute atomic E-state index is 0.0504. The van der Waals surface area contributed by atoms with Crippen LogP contribution in [0.4, 0.5) is 13.2 Å². The van der Waals surface area contributed by atoms with Gasteiger partial charge in [-0.25, -0.2) is 4.79 Å². The highest BCUT2D eigenvalue weighted by Crippen LogP contribution is 2.34. The summed E-state index contributed by atoms with van der Waals surface area (Å²) >= 11 is 0. The van der Waals surface area contributed by atoms with Crippen molar-refractivity contribution in [3.8, 4) is 0 Å². The molecule has 1 amide bonds. The first kappa shape index (κ1) is 23.2. The number of carbonyl (C=O) groups is 2. The molecule has 8 nitrogen and oxygen atoms in total. The molecule has 0 unspecified atom stereocenters. The summed E-state index contributed by atoms with van der Waals surface area (Å²) in [5, 5.41) is 9.97.